The van der Waals surface area contributed by atoms with Crippen molar-refractivity contribution in [2.75, 3.05) is 0 Å². The van der Waals surface area contributed by atoms with Crippen molar-refractivity contribution in [3.8, 4) is 5.75 Å². The number of benzene rings is 2. The molecule has 1 saturated heterocycles. The van der Waals surface area contributed by atoms with Gasteiger partial charge in [-0.05, 0) is 67.1 Å². The van der Waals surface area contributed by atoms with E-state index in [0.717, 1.165) is 21.3 Å². The Balaban J connectivity index is 1.92. The third-order valence-corrected chi connectivity index (χ3v) is 6.55. The number of phenolic OH excluding ortho intramolecular Hbond substituents is 1. The van der Waals surface area contributed by atoms with E-state index in [2.05, 4.69) is 42.2 Å². The number of halogens is 3. The average molecular weight is 517 g/mol. The number of hydrogen-bond donors (Lipinski definition) is 2. The normalized spacial score (nSPS) is 17.2. The summed E-state index contributed by atoms with van der Waals surface area (Å²) in [5.74, 6) is -0.338. The summed E-state index contributed by atoms with van der Waals surface area (Å²) in [7, 11) is 0. The minimum atomic E-state index is -0.269. The van der Waals surface area contributed by atoms with E-state index in [1.807, 2.05) is 26.0 Å². The zero-order valence-electron chi connectivity index (χ0n) is 13.7. The molecule has 0 spiro atoms. The van der Waals surface area contributed by atoms with Crippen LogP contribution in [0.5, 0.6) is 5.75 Å². The predicted octanol–water partition coefficient (Wildman–Crippen LogP) is 6.08. The largest absolute Gasteiger partial charge is 0.506 e. The third-order valence-electron chi connectivity index (χ3n) is 3.65. The summed E-state index contributed by atoms with van der Waals surface area (Å²) in [5.41, 5.74) is 3.37. The van der Waals surface area contributed by atoms with Crippen LogP contribution < -0.4 is 5.32 Å². The van der Waals surface area contributed by atoms with Crippen LogP contribution in [0.2, 0.25) is 5.02 Å². The van der Waals surface area contributed by atoms with Gasteiger partial charge in [-0.3, -0.25) is 4.79 Å². The summed E-state index contributed by atoms with van der Waals surface area (Å²) in [6.45, 7) is 3.98. The van der Waals surface area contributed by atoms with Crippen molar-refractivity contribution in [1.82, 2.24) is 5.32 Å². The van der Waals surface area contributed by atoms with Crippen molar-refractivity contribution in [3.05, 3.63) is 59.8 Å². The van der Waals surface area contributed by atoms with Crippen LogP contribution in [0.1, 0.15) is 16.7 Å². The number of carbonyl (C=O) groups excluding carboxylic acids is 1. The van der Waals surface area contributed by atoms with Gasteiger partial charge in [0.25, 0.3) is 5.91 Å². The highest BCUT2D eigenvalue weighted by molar-refractivity contribution is 9.10. The van der Waals surface area contributed by atoms with Crippen LogP contribution >= 0.6 is 55.2 Å². The number of nitrogens with zero attached hydrogens (tertiary/aromatic N) is 1. The maximum atomic E-state index is 12.2. The summed E-state index contributed by atoms with van der Waals surface area (Å²) in [5, 5.41) is 13.5. The molecule has 2 aromatic carbocycles. The van der Waals surface area contributed by atoms with E-state index in [9.17, 15) is 9.90 Å². The molecule has 0 saturated carbocycles. The molecule has 0 radical (unpaired) electrons. The van der Waals surface area contributed by atoms with Crippen LogP contribution in [0.3, 0.4) is 0 Å². The molecule has 1 amide bonds. The molecular formula is C18H13Br2ClN2O2S. The molecule has 0 bridgehead atoms. The summed E-state index contributed by atoms with van der Waals surface area (Å²) < 4.78 is 1.76. The van der Waals surface area contributed by atoms with Crippen LogP contribution in [0.25, 0.3) is 6.08 Å². The highest BCUT2D eigenvalue weighted by atomic mass is 79.9. The quantitative estimate of drug-likeness (QED) is 0.476. The Morgan fingerprint density at radius 1 is 1.19 bits per heavy atom. The van der Waals surface area contributed by atoms with Crippen LogP contribution in [0.4, 0.5) is 5.69 Å². The van der Waals surface area contributed by atoms with Crippen LogP contribution in [0.15, 0.2) is 43.1 Å². The van der Waals surface area contributed by atoms with E-state index < -0.39 is 0 Å². The molecule has 1 heterocycles. The lowest BCUT2D eigenvalue weighted by atomic mass is 10.1. The average Bonchev–Trinajstić information content (AvgIpc) is 2.89. The molecular weight excluding hydrogens is 504 g/mol. The molecule has 0 aromatic heterocycles. The Kier molecular flexibility index (Phi) is 5.81. The van der Waals surface area contributed by atoms with Gasteiger partial charge in [-0.25, -0.2) is 4.99 Å². The third kappa shape index (κ3) is 4.17. The number of amides is 1. The Labute approximate surface area is 177 Å². The second-order valence-corrected chi connectivity index (χ2v) is 8.85. The van der Waals surface area contributed by atoms with Gasteiger partial charge in [0.15, 0.2) is 5.17 Å². The summed E-state index contributed by atoms with van der Waals surface area (Å²) in [4.78, 5) is 17.2. The predicted molar refractivity (Wildman–Crippen MR) is 115 cm³/mol. The molecule has 26 heavy (non-hydrogen) atoms. The topological polar surface area (TPSA) is 61.7 Å². The highest BCUT2D eigenvalue weighted by Crippen LogP contribution is 2.36. The Hall–Kier alpha value is -1.28. The number of carbonyl (C=O) groups is 1. The minimum absolute atomic E-state index is 0.0692. The van der Waals surface area contributed by atoms with Crippen LogP contribution in [0, 0.1) is 13.8 Å². The number of aliphatic imine (C=N–C) groups is 1. The monoisotopic (exact) mass is 514 g/mol. The van der Waals surface area contributed by atoms with Gasteiger partial charge in [0, 0.05) is 14.5 Å². The number of aromatic hydroxyl groups is 1. The highest BCUT2D eigenvalue weighted by Gasteiger charge is 2.24. The fourth-order valence-corrected chi connectivity index (χ4v) is 4.32. The first kappa shape index (κ1) is 19.5. The van der Waals surface area contributed by atoms with Gasteiger partial charge in [0.05, 0.1) is 15.6 Å². The standard InChI is InChI=1S/C18H13Br2ClN2O2S/c1-8-3-12(4-9(2)15(8)20)22-18-23-17(25)14(26-18)6-10-5-11(19)7-13(21)16(10)24/h3-7,24H,1-2H3,(H,22,23,25)/b14-6+. The van der Waals surface area contributed by atoms with Gasteiger partial charge in [0.2, 0.25) is 0 Å². The number of thioether (sulfide) groups is 1. The first-order valence-electron chi connectivity index (χ1n) is 7.49. The van der Waals surface area contributed by atoms with Gasteiger partial charge < -0.3 is 10.4 Å². The van der Waals surface area contributed by atoms with Crippen molar-refractivity contribution >= 4 is 78.1 Å². The zero-order valence-corrected chi connectivity index (χ0v) is 18.5. The molecule has 4 nitrogen and oxygen atoms in total. The fraction of sp³-hybridized carbons (Fsp3) is 0.111. The van der Waals surface area contributed by atoms with E-state index >= 15 is 0 Å². The number of amidine groups is 1. The molecule has 134 valence electrons. The second-order valence-electron chi connectivity index (χ2n) is 5.70. The number of nitrogens with one attached hydrogen (secondary N) is 1. The van der Waals surface area contributed by atoms with Gasteiger partial charge in [0.1, 0.15) is 5.75 Å². The zero-order chi connectivity index (χ0) is 19.0. The number of aryl methyl sites for hydroxylation is 2. The maximum Gasteiger partial charge on any atom is 0.264 e. The van der Waals surface area contributed by atoms with Gasteiger partial charge in [-0.2, -0.15) is 0 Å². The van der Waals surface area contributed by atoms with E-state index in [0.29, 0.717) is 20.1 Å². The smallest absolute Gasteiger partial charge is 0.264 e. The number of phenols is 1. The summed E-state index contributed by atoms with van der Waals surface area (Å²) >= 11 is 14.0. The molecule has 2 N–H and O–H groups in total. The molecule has 1 aliphatic rings. The maximum absolute atomic E-state index is 12.2. The molecule has 0 aliphatic carbocycles. The lowest BCUT2D eigenvalue weighted by Gasteiger charge is -2.05. The lowest BCUT2D eigenvalue weighted by molar-refractivity contribution is -0.115. The minimum Gasteiger partial charge on any atom is -0.506 e. The number of hydrogen-bond acceptors (Lipinski definition) is 4. The Morgan fingerprint density at radius 3 is 2.50 bits per heavy atom. The van der Waals surface area contributed by atoms with E-state index in [4.69, 9.17) is 11.6 Å². The fourth-order valence-electron chi connectivity index (χ4n) is 2.42. The molecule has 8 heteroatoms. The molecule has 1 fully saturated rings. The van der Waals surface area contributed by atoms with E-state index in [-0.39, 0.29) is 16.7 Å². The first-order chi connectivity index (χ1) is 12.2. The summed E-state index contributed by atoms with van der Waals surface area (Å²) in [6, 6.07) is 7.17. The SMILES string of the molecule is Cc1cc(N=C2NC(=O)/C(=C\c3cc(Br)cc(Cl)c3O)S2)cc(C)c1Br. The summed E-state index contributed by atoms with van der Waals surface area (Å²) in [6.07, 6.45) is 1.59. The van der Waals surface area contributed by atoms with Gasteiger partial charge >= 0.3 is 0 Å². The molecule has 1 aliphatic heterocycles. The molecule has 2 aromatic rings. The van der Waals surface area contributed by atoms with Crippen molar-refractivity contribution in [1.29, 1.82) is 0 Å². The van der Waals surface area contributed by atoms with Crippen molar-refractivity contribution in [2.24, 2.45) is 4.99 Å². The Bertz CT molecular complexity index is 966. The lowest BCUT2D eigenvalue weighted by Crippen LogP contribution is -2.19. The molecule has 0 atom stereocenters. The molecule has 3 rings (SSSR count). The second kappa shape index (κ2) is 7.76. The van der Waals surface area contributed by atoms with Crippen molar-refractivity contribution in [2.45, 2.75) is 13.8 Å². The first-order valence-corrected chi connectivity index (χ1v) is 10.3. The number of rotatable bonds is 2. The Morgan fingerprint density at radius 2 is 1.85 bits per heavy atom. The van der Waals surface area contributed by atoms with Crippen molar-refractivity contribution in [3.63, 3.8) is 0 Å². The van der Waals surface area contributed by atoms with E-state index in [1.165, 1.54) is 11.8 Å². The van der Waals surface area contributed by atoms with Crippen molar-refractivity contribution < 1.29 is 9.90 Å². The van der Waals surface area contributed by atoms with Gasteiger partial charge in [-0.15, -0.1) is 0 Å². The van der Waals surface area contributed by atoms with Crippen LogP contribution in [-0.2, 0) is 4.79 Å². The van der Waals surface area contributed by atoms with E-state index in [1.54, 1.807) is 18.2 Å². The van der Waals surface area contributed by atoms with Gasteiger partial charge in [-0.1, -0.05) is 43.5 Å². The van der Waals surface area contributed by atoms with Crippen LogP contribution in [-0.4, -0.2) is 16.2 Å². The molecule has 0 unspecified atom stereocenters.